The van der Waals surface area contributed by atoms with Crippen LogP contribution in [0.4, 0.5) is 0 Å². The van der Waals surface area contributed by atoms with Crippen LogP contribution in [0.3, 0.4) is 0 Å². The minimum Gasteiger partial charge on any atom is -0.550 e. The number of carboxylic acids is 3. The van der Waals surface area contributed by atoms with Gasteiger partial charge in [0, 0.05) is 18.4 Å². The van der Waals surface area contributed by atoms with E-state index in [-0.39, 0.29) is 12.8 Å². The summed E-state index contributed by atoms with van der Waals surface area (Å²) in [7, 11) is 0. The minimum absolute atomic E-state index is 0.117. The highest BCUT2D eigenvalue weighted by Crippen LogP contribution is 1.98. The number of aliphatic carboxylic acids is 3. The number of rotatable bonds is 9. The first-order valence-corrected chi connectivity index (χ1v) is 5.48. The molecule has 19 heavy (non-hydrogen) atoms. The lowest BCUT2D eigenvalue weighted by molar-refractivity contribution is -0.406. The summed E-state index contributed by atoms with van der Waals surface area (Å²) in [6.45, 7) is 0. The van der Waals surface area contributed by atoms with Gasteiger partial charge in [-0.05, 0) is 19.3 Å². The number of amides is 1. The van der Waals surface area contributed by atoms with E-state index in [0.29, 0.717) is 0 Å². The van der Waals surface area contributed by atoms with Crippen LogP contribution in [0.25, 0.3) is 0 Å². The number of carbonyl (C=O) groups is 4. The summed E-state index contributed by atoms with van der Waals surface area (Å²) < 4.78 is 0. The third-order valence-corrected chi connectivity index (χ3v) is 2.31. The Morgan fingerprint density at radius 2 is 1.42 bits per heavy atom. The SMILES string of the molecule is [NH3+]C(CCC(=O)[O-])C(=O)NC(CCC(=O)[O-])C(=O)[O-]. The lowest BCUT2D eigenvalue weighted by Crippen LogP contribution is -2.69. The summed E-state index contributed by atoms with van der Waals surface area (Å²) in [6.07, 6.45) is -1.45. The van der Waals surface area contributed by atoms with Crippen molar-refractivity contribution < 1.29 is 40.2 Å². The molecule has 0 aliphatic carbocycles. The van der Waals surface area contributed by atoms with E-state index in [9.17, 15) is 34.5 Å². The van der Waals surface area contributed by atoms with Crippen LogP contribution in [0, 0.1) is 0 Å². The molecule has 0 fully saturated rings. The van der Waals surface area contributed by atoms with Gasteiger partial charge in [0.1, 0.15) is 0 Å². The number of hydrogen-bond donors (Lipinski definition) is 2. The molecule has 0 rings (SSSR count). The highest BCUT2D eigenvalue weighted by molar-refractivity contribution is 5.85. The molecule has 0 saturated carbocycles. The summed E-state index contributed by atoms with van der Waals surface area (Å²) in [5.74, 6) is -5.24. The highest BCUT2D eigenvalue weighted by atomic mass is 16.4. The van der Waals surface area contributed by atoms with Crippen LogP contribution in [-0.2, 0) is 19.2 Å². The Morgan fingerprint density at radius 1 is 0.947 bits per heavy atom. The van der Waals surface area contributed by atoms with Crippen molar-refractivity contribution in [3.05, 3.63) is 0 Å². The van der Waals surface area contributed by atoms with E-state index < -0.39 is 48.7 Å². The molecule has 4 N–H and O–H groups in total. The maximum Gasteiger partial charge on any atom is 0.278 e. The molecule has 0 aromatic rings. The van der Waals surface area contributed by atoms with Gasteiger partial charge in [-0.1, -0.05) is 0 Å². The van der Waals surface area contributed by atoms with Crippen LogP contribution < -0.4 is 26.4 Å². The third kappa shape index (κ3) is 7.71. The van der Waals surface area contributed by atoms with Gasteiger partial charge >= 0.3 is 0 Å². The molecule has 2 unspecified atom stereocenters. The van der Waals surface area contributed by atoms with E-state index in [1.807, 2.05) is 5.32 Å². The first-order valence-electron chi connectivity index (χ1n) is 5.48. The number of nitrogens with one attached hydrogen (secondary N) is 1. The zero-order valence-corrected chi connectivity index (χ0v) is 10.0. The van der Waals surface area contributed by atoms with E-state index >= 15 is 0 Å². The first kappa shape index (κ1) is 16.8. The summed E-state index contributed by atoms with van der Waals surface area (Å²) in [5, 5.41) is 33.1. The van der Waals surface area contributed by atoms with Crippen LogP contribution >= 0.6 is 0 Å². The molecule has 0 spiro atoms. The molecule has 108 valence electrons. The summed E-state index contributed by atoms with van der Waals surface area (Å²) in [5.41, 5.74) is 3.37. The quantitative estimate of drug-likeness (QED) is 0.420. The molecule has 9 nitrogen and oxygen atoms in total. The molecule has 2 atom stereocenters. The largest absolute Gasteiger partial charge is 0.550 e. The Kier molecular flexibility index (Phi) is 7.12. The average molecular weight is 274 g/mol. The van der Waals surface area contributed by atoms with E-state index in [0.717, 1.165) is 0 Å². The summed E-state index contributed by atoms with van der Waals surface area (Å²) >= 11 is 0. The maximum atomic E-state index is 11.5. The zero-order valence-electron chi connectivity index (χ0n) is 10.0. The summed E-state index contributed by atoms with van der Waals surface area (Å²) in [4.78, 5) is 42.5. The van der Waals surface area contributed by atoms with Crippen LogP contribution in [0.1, 0.15) is 25.7 Å². The Balaban J connectivity index is 4.33. The highest BCUT2D eigenvalue weighted by Gasteiger charge is 2.21. The second-order valence-electron chi connectivity index (χ2n) is 3.90. The molecule has 0 saturated heterocycles. The fraction of sp³-hybridized carbons (Fsp3) is 0.600. The first-order chi connectivity index (χ1) is 8.73. The van der Waals surface area contributed by atoms with Crippen LogP contribution in [0.5, 0.6) is 0 Å². The van der Waals surface area contributed by atoms with Gasteiger partial charge in [0.2, 0.25) is 0 Å². The Morgan fingerprint density at radius 3 is 1.84 bits per heavy atom. The molecule has 1 amide bonds. The maximum absolute atomic E-state index is 11.5. The number of carboxylic acid groups (broad SMARTS) is 3. The van der Waals surface area contributed by atoms with E-state index in [1.54, 1.807) is 0 Å². The molecule has 0 aliphatic rings. The topological polar surface area (TPSA) is 177 Å². The standard InChI is InChI=1S/C10H16N2O7/c11-5(1-3-7(13)14)9(17)12-6(10(18)19)2-4-8(15)16/h5-6H,1-4,11H2,(H,12,17)(H,13,14)(H,15,16)(H,18,19)/p-2. The van der Waals surface area contributed by atoms with Gasteiger partial charge in [0.05, 0.1) is 12.0 Å². The van der Waals surface area contributed by atoms with Gasteiger partial charge < -0.3 is 40.8 Å². The average Bonchev–Trinajstić information content (AvgIpc) is 2.30. The molecule has 0 aliphatic heterocycles. The Labute approximate surface area is 108 Å². The fourth-order valence-electron chi connectivity index (χ4n) is 1.22. The molecule has 0 radical (unpaired) electrons. The van der Waals surface area contributed by atoms with E-state index in [4.69, 9.17) is 0 Å². The second kappa shape index (κ2) is 8.03. The fourth-order valence-corrected chi connectivity index (χ4v) is 1.22. The van der Waals surface area contributed by atoms with Crippen LogP contribution in [-0.4, -0.2) is 35.9 Å². The van der Waals surface area contributed by atoms with Crippen molar-refractivity contribution in [3.63, 3.8) is 0 Å². The predicted molar refractivity (Wildman–Crippen MR) is 52.1 cm³/mol. The third-order valence-electron chi connectivity index (χ3n) is 2.31. The van der Waals surface area contributed by atoms with Gasteiger partial charge in [-0.2, -0.15) is 0 Å². The van der Waals surface area contributed by atoms with Gasteiger partial charge in [0.25, 0.3) is 5.91 Å². The van der Waals surface area contributed by atoms with Gasteiger partial charge in [-0.25, -0.2) is 0 Å². The van der Waals surface area contributed by atoms with E-state index in [2.05, 4.69) is 5.73 Å². The van der Waals surface area contributed by atoms with E-state index in [1.165, 1.54) is 0 Å². The molecule has 0 aromatic carbocycles. The normalized spacial score (nSPS) is 13.3. The van der Waals surface area contributed by atoms with Crippen molar-refractivity contribution in [2.75, 3.05) is 0 Å². The Hall–Kier alpha value is -2.16. The molecule has 0 bridgehead atoms. The second-order valence-corrected chi connectivity index (χ2v) is 3.90. The number of quaternary nitrogens is 1. The molecular weight excluding hydrogens is 260 g/mol. The van der Waals surface area contributed by atoms with Gasteiger partial charge in [-0.3, -0.25) is 4.79 Å². The molecular formula is C10H14N2O7-2. The Bertz CT molecular complexity index is 369. The van der Waals surface area contributed by atoms with Crippen molar-refractivity contribution in [2.24, 2.45) is 0 Å². The lowest BCUT2D eigenvalue weighted by atomic mass is 10.1. The summed E-state index contributed by atoms with van der Waals surface area (Å²) in [6, 6.07) is -2.47. The van der Waals surface area contributed by atoms with Crippen LogP contribution in [0.15, 0.2) is 0 Å². The number of hydrogen-bond acceptors (Lipinski definition) is 7. The monoisotopic (exact) mass is 274 g/mol. The lowest BCUT2D eigenvalue weighted by Gasteiger charge is -2.21. The van der Waals surface area contributed by atoms with Crippen molar-refractivity contribution >= 4 is 23.8 Å². The van der Waals surface area contributed by atoms with Crippen molar-refractivity contribution in [2.45, 2.75) is 37.8 Å². The smallest absolute Gasteiger partial charge is 0.278 e. The van der Waals surface area contributed by atoms with Crippen molar-refractivity contribution in [1.82, 2.24) is 5.32 Å². The predicted octanol–water partition coefficient (Wildman–Crippen LogP) is -6.11. The van der Waals surface area contributed by atoms with Crippen molar-refractivity contribution in [3.8, 4) is 0 Å². The molecule has 9 heteroatoms. The minimum atomic E-state index is -1.64. The van der Waals surface area contributed by atoms with Gasteiger partial charge in [-0.15, -0.1) is 0 Å². The number of carbonyl (C=O) groups excluding carboxylic acids is 4. The molecule has 0 heterocycles. The van der Waals surface area contributed by atoms with Crippen molar-refractivity contribution in [1.29, 1.82) is 0 Å². The van der Waals surface area contributed by atoms with Gasteiger partial charge in [0.15, 0.2) is 6.04 Å². The van der Waals surface area contributed by atoms with Crippen LogP contribution in [0.2, 0.25) is 0 Å². The molecule has 0 aromatic heterocycles. The zero-order chi connectivity index (χ0) is 15.0.